The van der Waals surface area contributed by atoms with Crippen LogP contribution in [0.5, 0.6) is 0 Å². The Morgan fingerprint density at radius 1 is 0.700 bits per heavy atom. The molecular weight excluding hydrogens is 386 g/mol. The number of aryl methyl sites for hydroxylation is 2. The molecule has 4 aromatic heterocycles. The van der Waals surface area contributed by atoms with Gasteiger partial charge >= 0.3 is 0 Å². The number of nitrogens with one attached hydrogen (secondary N) is 1. The number of para-hydroxylation sites is 1. The third-order valence-corrected chi connectivity index (χ3v) is 6.94. The Bertz CT molecular complexity index is 1510. The smallest absolute Gasteiger partial charge is 0.0490 e. The van der Waals surface area contributed by atoms with Crippen LogP contribution in [0.3, 0.4) is 0 Å². The highest BCUT2D eigenvalue weighted by atomic mass is 32.1. The van der Waals surface area contributed by atoms with Gasteiger partial charge in [0.15, 0.2) is 0 Å². The van der Waals surface area contributed by atoms with E-state index in [0.717, 1.165) is 0 Å². The lowest BCUT2D eigenvalue weighted by Gasteiger charge is -2.04. The third kappa shape index (κ3) is 2.50. The van der Waals surface area contributed by atoms with Gasteiger partial charge in [-0.05, 0) is 29.1 Å². The van der Waals surface area contributed by atoms with Crippen molar-refractivity contribution < 1.29 is 0 Å². The summed E-state index contributed by atoms with van der Waals surface area (Å²) in [5.74, 6) is 0. The van der Waals surface area contributed by atoms with Gasteiger partial charge in [-0.1, -0.05) is 36.4 Å². The Morgan fingerprint density at radius 3 is 2.13 bits per heavy atom. The van der Waals surface area contributed by atoms with Crippen molar-refractivity contribution in [2.75, 3.05) is 0 Å². The maximum Gasteiger partial charge on any atom is 0.0490 e. The standard InChI is InChI=1S/C26H21N3S/c1-28-15-22(18-6-3-4-7-24(18)28)20-13-27-14-21(20)23-16-29(2)25-12-17(9-10-19(23)25)26-8-5-11-30-26/h3-16,27H,1-2H3. The van der Waals surface area contributed by atoms with Crippen LogP contribution >= 0.6 is 11.3 Å². The molecule has 146 valence electrons. The summed E-state index contributed by atoms with van der Waals surface area (Å²) in [6.07, 6.45) is 8.73. The van der Waals surface area contributed by atoms with E-state index in [1.807, 2.05) is 0 Å². The third-order valence-electron chi connectivity index (χ3n) is 6.02. The molecule has 0 amide bonds. The minimum atomic E-state index is 1.24. The van der Waals surface area contributed by atoms with Crippen molar-refractivity contribution in [1.29, 1.82) is 0 Å². The zero-order chi connectivity index (χ0) is 20.2. The highest BCUT2D eigenvalue weighted by Gasteiger charge is 2.17. The monoisotopic (exact) mass is 407 g/mol. The fourth-order valence-corrected chi connectivity index (χ4v) is 5.28. The molecule has 6 rings (SSSR count). The van der Waals surface area contributed by atoms with Crippen LogP contribution in [0.1, 0.15) is 0 Å². The molecule has 4 heteroatoms. The first-order valence-electron chi connectivity index (χ1n) is 10.1. The van der Waals surface area contributed by atoms with Gasteiger partial charge in [-0.15, -0.1) is 11.3 Å². The second kappa shape index (κ2) is 6.51. The van der Waals surface area contributed by atoms with Crippen LogP contribution in [-0.2, 0) is 14.1 Å². The summed E-state index contributed by atoms with van der Waals surface area (Å²) in [7, 11) is 4.25. The van der Waals surface area contributed by atoms with Gasteiger partial charge < -0.3 is 14.1 Å². The summed E-state index contributed by atoms with van der Waals surface area (Å²) in [4.78, 5) is 4.66. The van der Waals surface area contributed by atoms with Gasteiger partial charge in [0, 0.05) is 87.8 Å². The molecule has 6 aromatic rings. The van der Waals surface area contributed by atoms with Crippen molar-refractivity contribution in [3.63, 3.8) is 0 Å². The van der Waals surface area contributed by atoms with Crippen LogP contribution in [0, 0.1) is 0 Å². The molecule has 0 saturated heterocycles. The normalized spacial score (nSPS) is 11.7. The number of rotatable bonds is 3. The summed E-state index contributed by atoms with van der Waals surface area (Å²) >= 11 is 1.78. The van der Waals surface area contributed by atoms with E-state index in [1.165, 1.54) is 54.5 Å². The first-order valence-corrected chi connectivity index (χ1v) is 10.9. The maximum absolute atomic E-state index is 3.36. The summed E-state index contributed by atoms with van der Waals surface area (Å²) in [6.45, 7) is 0. The SMILES string of the molecule is Cn1cc(-c2c[nH]cc2-c2cn(C)c3cc(-c4cccs4)ccc23)c2ccccc21. The molecule has 0 unspecified atom stereocenters. The van der Waals surface area contributed by atoms with Gasteiger partial charge in [0.1, 0.15) is 0 Å². The fourth-order valence-electron chi connectivity index (χ4n) is 4.56. The average molecular weight is 408 g/mol. The number of aromatic nitrogens is 3. The molecule has 2 aromatic carbocycles. The van der Waals surface area contributed by atoms with Crippen molar-refractivity contribution in [3.8, 4) is 32.7 Å². The maximum atomic E-state index is 3.36. The number of nitrogens with zero attached hydrogens (tertiary/aromatic N) is 2. The number of benzene rings is 2. The van der Waals surface area contributed by atoms with Crippen molar-refractivity contribution >= 4 is 33.1 Å². The van der Waals surface area contributed by atoms with Crippen LogP contribution in [0.25, 0.3) is 54.5 Å². The number of thiophene rings is 1. The number of aromatic amines is 1. The molecule has 0 saturated carbocycles. The van der Waals surface area contributed by atoms with E-state index < -0.39 is 0 Å². The quantitative estimate of drug-likeness (QED) is 0.325. The minimum Gasteiger partial charge on any atom is -0.366 e. The van der Waals surface area contributed by atoms with Gasteiger partial charge in [-0.2, -0.15) is 0 Å². The number of fused-ring (bicyclic) bond motifs is 2. The molecule has 3 nitrogen and oxygen atoms in total. The summed E-state index contributed by atoms with van der Waals surface area (Å²) in [5, 5.41) is 4.69. The molecule has 0 radical (unpaired) electrons. The zero-order valence-corrected chi connectivity index (χ0v) is 17.7. The van der Waals surface area contributed by atoms with Crippen LogP contribution in [-0.4, -0.2) is 14.1 Å². The van der Waals surface area contributed by atoms with Gasteiger partial charge in [0.2, 0.25) is 0 Å². The van der Waals surface area contributed by atoms with E-state index in [9.17, 15) is 0 Å². The summed E-state index contributed by atoms with van der Waals surface area (Å²) < 4.78 is 4.44. The van der Waals surface area contributed by atoms with E-state index in [0.29, 0.717) is 0 Å². The lowest BCUT2D eigenvalue weighted by molar-refractivity contribution is 0.969. The molecule has 0 spiro atoms. The molecule has 0 fully saturated rings. The first-order chi connectivity index (χ1) is 14.7. The second-order valence-electron chi connectivity index (χ2n) is 7.82. The Morgan fingerprint density at radius 2 is 1.40 bits per heavy atom. The molecular formula is C26H21N3S. The van der Waals surface area contributed by atoms with Crippen LogP contribution in [0.15, 0.2) is 84.8 Å². The molecule has 0 aliphatic heterocycles. The number of hydrogen-bond donors (Lipinski definition) is 1. The topological polar surface area (TPSA) is 25.6 Å². The van der Waals surface area contributed by atoms with Crippen LogP contribution in [0.4, 0.5) is 0 Å². The largest absolute Gasteiger partial charge is 0.366 e. The lowest BCUT2D eigenvalue weighted by Crippen LogP contribution is -1.83. The van der Waals surface area contributed by atoms with Gasteiger partial charge in [0.05, 0.1) is 0 Å². The molecule has 1 N–H and O–H groups in total. The summed E-state index contributed by atoms with van der Waals surface area (Å²) in [6, 6.07) is 19.7. The van der Waals surface area contributed by atoms with Crippen molar-refractivity contribution in [2.45, 2.75) is 0 Å². The molecule has 4 heterocycles. The molecule has 0 atom stereocenters. The molecule has 0 bridgehead atoms. The molecule has 30 heavy (non-hydrogen) atoms. The van der Waals surface area contributed by atoms with Gasteiger partial charge in [0.25, 0.3) is 0 Å². The predicted octanol–water partition coefficient (Wildman–Crippen LogP) is 7.06. The van der Waals surface area contributed by atoms with Crippen molar-refractivity contribution in [2.24, 2.45) is 14.1 Å². The van der Waals surface area contributed by atoms with Gasteiger partial charge in [-0.25, -0.2) is 0 Å². The van der Waals surface area contributed by atoms with Crippen molar-refractivity contribution in [3.05, 3.63) is 84.8 Å². The van der Waals surface area contributed by atoms with Crippen molar-refractivity contribution in [1.82, 2.24) is 14.1 Å². The summed E-state index contributed by atoms with van der Waals surface area (Å²) in [5.41, 5.74) is 8.76. The number of hydrogen-bond acceptors (Lipinski definition) is 1. The van der Waals surface area contributed by atoms with E-state index in [1.54, 1.807) is 11.3 Å². The fraction of sp³-hybridized carbons (Fsp3) is 0.0769. The Labute approximate surface area is 178 Å². The highest BCUT2D eigenvalue weighted by Crippen LogP contribution is 2.41. The average Bonchev–Trinajstić information content (AvgIpc) is 3.55. The first kappa shape index (κ1) is 17.4. The Kier molecular flexibility index (Phi) is 3.77. The Hall–Kier alpha value is -3.50. The second-order valence-corrected chi connectivity index (χ2v) is 8.76. The molecule has 0 aliphatic carbocycles. The van der Waals surface area contributed by atoms with E-state index in [4.69, 9.17) is 0 Å². The number of H-pyrrole nitrogens is 1. The van der Waals surface area contributed by atoms with Crippen LogP contribution in [0.2, 0.25) is 0 Å². The van der Waals surface area contributed by atoms with Gasteiger partial charge in [-0.3, -0.25) is 0 Å². The zero-order valence-electron chi connectivity index (χ0n) is 16.9. The lowest BCUT2D eigenvalue weighted by atomic mass is 9.98. The minimum absolute atomic E-state index is 1.24. The van der Waals surface area contributed by atoms with E-state index in [2.05, 4.69) is 113 Å². The highest BCUT2D eigenvalue weighted by molar-refractivity contribution is 7.13. The van der Waals surface area contributed by atoms with E-state index in [-0.39, 0.29) is 0 Å². The Balaban J connectivity index is 1.55. The predicted molar refractivity (Wildman–Crippen MR) is 128 cm³/mol. The molecule has 0 aliphatic rings. The van der Waals surface area contributed by atoms with Crippen LogP contribution < -0.4 is 0 Å². The van der Waals surface area contributed by atoms with E-state index >= 15 is 0 Å².